The topological polar surface area (TPSA) is 179 Å². The van der Waals surface area contributed by atoms with E-state index in [0.29, 0.717) is 43.8 Å². The van der Waals surface area contributed by atoms with Crippen LogP contribution in [0.25, 0.3) is 0 Å². The van der Waals surface area contributed by atoms with Crippen LogP contribution < -0.4 is 36.2 Å². The summed E-state index contributed by atoms with van der Waals surface area (Å²) >= 11 is 0. The second-order valence-electron chi connectivity index (χ2n) is 16.1. The number of unbranched alkanes of at least 4 members (excludes halogenated alkanes) is 1. The fourth-order valence-electron chi connectivity index (χ4n) is 7.64. The number of hydrogen-bond donors (Lipinski definition) is 3. The van der Waals surface area contributed by atoms with Gasteiger partial charge in [-0.15, -0.1) is 6.42 Å². The molecule has 2 atom stereocenters. The molecule has 4 aliphatic heterocycles. The monoisotopic (exact) mass is 988 g/mol. The molecule has 0 aliphatic carbocycles. The van der Waals surface area contributed by atoms with Crippen molar-refractivity contribution in [3.63, 3.8) is 0 Å². The van der Waals surface area contributed by atoms with Crippen molar-refractivity contribution in [3.8, 4) is 35.7 Å². The highest BCUT2D eigenvalue weighted by atomic mass is 19.2. The molecule has 8 rings (SSSR count). The van der Waals surface area contributed by atoms with Gasteiger partial charge in [0.25, 0.3) is 23.6 Å². The van der Waals surface area contributed by atoms with Gasteiger partial charge in [-0.25, -0.2) is 26.3 Å². The number of amides is 4. The van der Waals surface area contributed by atoms with E-state index in [-0.39, 0.29) is 54.7 Å². The SMILES string of the molecule is C#CC#CC.CCCCOc1c2n(cc(C(=O)NCc3c(F)cc(F)cc3F)c1=O)N1CC=C[C@H](C)N(C1)C2=O.C[C@H]1C=CCN2CN1C(=O)c1c(O)c(=O)c(C(=O)NCc3c(F)cc(F)cc3F)cn12. The lowest BCUT2D eigenvalue weighted by atomic mass is 10.1. The summed E-state index contributed by atoms with van der Waals surface area (Å²) < 4.78 is 90.2. The van der Waals surface area contributed by atoms with E-state index >= 15 is 0 Å². The zero-order chi connectivity index (χ0) is 51.8. The molecule has 2 aromatic heterocycles. The molecule has 4 amide bonds. The second kappa shape index (κ2) is 22.4. The number of fused-ring (bicyclic) bond motifs is 8. The summed E-state index contributed by atoms with van der Waals surface area (Å²) in [6, 6.07) is 1.48. The Balaban J connectivity index is 0.000000213. The van der Waals surface area contributed by atoms with Crippen LogP contribution in [0.3, 0.4) is 0 Å². The van der Waals surface area contributed by atoms with Crippen molar-refractivity contribution in [1.29, 1.82) is 0 Å². The molecule has 16 nitrogen and oxygen atoms in total. The van der Waals surface area contributed by atoms with Crippen LogP contribution in [-0.2, 0) is 13.1 Å². The molecule has 4 aromatic rings. The average molecular weight is 989 g/mol. The highest BCUT2D eigenvalue weighted by Crippen LogP contribution is 2.27. The molecule has 2 aromatic carbocycles. The minimum absolute atomic E-state index is 0.0140. The second-order valence-corrected chi connectivity index (χ2v) is 16.1. The van der Waals surface area contributed by atoms with Gasteiger partial charge in [0, 0.05) is 73.0 Å². The standard InChI is InChI=1S/C24H25F3N4O4.C20H17F3N4O4.C5H4/c1-3-4-8-35-22-20-24(34)30-13-29(7-5-6-14(30)2)31(20)12-17(21(22)32)23(33)28-11-16-18(26)9-15(25)10-19(16)27;1-10-3-2-4-25-9-26(10)20(31)16-18(29)17(28)13(8-27(16)25)19(30)24-7-12-14(22)5-11(21)6-15(12)23;1-3-5-4-2/h5-6,9-10,12,14H,3-4,7-8,11,13H2,1-2H3,(H,28,33);2-3,5-6,8,10,29H,4,7,9H2,1H3,(H,24,30);1H,2H3/t14-;10-;/m00./s1. The van der Waals surface area contributed by atoms with Crippen LogP contribution in [0.4, 0.5) is 26.3 Å². The predicted molar refractivity (Wildman–Crippen MR) is 246 cm³/mol. The minimum atomic E-state index is -1.20. The van der Waals surface area contributed by atoms with E-state index in [1.807, 2.05) is 32.1 Å². The third-order valence-corrected chi connectivity index (χ3v) is 11.4. The normalized spacial score (nSPS) is 16.1. The van der Waals surface area contributed by atoms with Crippen LogP contribution >= 0.6 is 0 Å². The fraction of sp³-hybridized carbons (Fsp3) is 0.306. The van der Waals surface area contributed by atoms with Gasteiger partial charge in [-0.3, -0.25) is 48.1 Å². The highest BCUT2D eigenvalue weighted by Gasteiger charge is 2.39. The number of terminal acetylenes is 1. The van der Waals surface area contributed by atoms with Gasteiger partial charge in [0.2, 0.25) is 10.9 Å². The molecular formula is C49H46F6N8O8. The number of nitrogens with one attached hydrogen (secondary N) is 2. The van der Waals surface area contributed by atoms with Crippen molar-refractivity contribution < 1.29 is 55.4 Å². The Labute approximate surface area is 402 Å². The molecule has 3 N–H and O–H groups in total. The number of carbonyl (C=O) groups excluding carboxylic acids is 4. The van der Waals surface area contributed by atoms with Crippen molar-refractivity contribution in [2.75, 3.05) is 43.1 Å². The first-order chi connectivity index (χ1) is 33.8. The summed E-state index contributed by atoms with van der Waals surface area (Å²) in [6.07, 6.45) is 15.8. The number of pyridine rings is 2. The number of aromatic nitrogens is 2. The smallest absolute Gasteiger partial charge is 0.278 e. The van der Waals surface area contributed by atoms with Gasteiger partial charge in [-0.05, 0) is 39.0 Å². The van der Waals surface area contributed by atoms with E-state index in [1.165, 1.54) is 20.4 Å². The van der Waals surface area contributed by atoms with E-state index in [2.05, 4.69) is 28.4 Å². The largest absolute Gasteiger partial charge is 0.502 e. The van der Waals surface area contributed by atoms with E-state index in [9.17, 15) is 60.2 Å². The zero-order valence-corrected chi connectivity index (χ0v) is 38.6. The maximum absolute atomic E-state index is 14.0. The Hall–Kier alpha value is -8.40. The van der Waals surface area contributed by atoms with Crippen LogP contribution in [0.1, 0.15) is 93.4 Å². The van der Waals surface area contributed by atoms with Crippen LogP contribution in [-0.4, -0.2) is 93.0 Å². The van der Waals surface area contributed by atoms with Crippen molar-refractivity contribution in [2.24, 2.45) is 0 Å². The lowest BCUT2D eigenvalue weighted by Crippen LogP contribution is -2.55. The predicted octanol–water partition coefficient (Wildman–Crippen LogP) is 4.54. The summed E-state index contributed by atoms with van der Waals surface area (Å²) in [7, 11) is 0. The van der Waals surface area contributed by atoms with Crippen molar-refractivity contribution in [1.82, 2.24) is 29.8 Å². The van der Waals surface area contributed by atoms with Gasteiger partial charge in [0.1, 0.15) is 59.4 Å². The lowest BCUT2D eigenvalue weighted by molar-refractivity contribution is 0.0651. The first-order valence-electron chi connectivity index (χ1n) is 21.9. The lowest BCUT2D eigenvalue weighted by Gasteiger charge is -2.40. The maximum atomic E-state index is 14.0. The number of ether oxygens (including phenoxy) is 1. The first-order valence-corrected chi connectivity index (χ1v) is 21.9. The highest BCUT2D eigenvalue weighted by molar-refractivity contribution is 6.00. The molecule has 0 saturated carbocycles. The Kier molecular flexibility index (Phi) is 16.4. The van der Waals surface area contributed by atoms with Crippen LogP contribution in [0.15, 0.2) is 70.6 Å². The van der Waals surface area contributed by atoms with Crippen molar-refractivity contribution >= 4 is 23.6 Å². The number of carbonyl (C=O) groups is 4. The quantitative estimate of drug-likeness (QED) is 0.0885. The number of benzene rings is 2. The Bertz CT molecular complexity index is 3040. The molecule has 372 valence electrons. The van der Waals surface area contributed by atoms with Gasteiger partial charge < -0.3 is 30.3 Å². The third-order valence-electron chi connectivity index (χ3n) is 11.4. The van der Waals surface area contributed by atoms with E-state index < -0.39 is 105 Å². The van der Waals surface area contributed by atoms with Crippen LogP contribution in [0, 0.1) is 59.1 Å². The zero-order valence-electron chi connectivity index (χ0n) is 38.6. The fourth-order valence-corrected chi connectivity index (χ4v) is 7.64. The average Bonchev–Trinajstić information content (AvgIpc) is 3.60. The Morgan fingerprint density at radius 2 is 1.17 bits per heavy atom. The summed E-state index contributed by atoms with van der Waals surface area (Å²) in [5.74, 6) is -3.91. The van der Waals surface area contributed by atoms with Crippen LogP contribution in [0.5, 0.6) is 11.5 Å². The van der Waals surface area contributed by atoms with Gasteiger partial charge >= 0.3 is 0 Å². The molecule has 4 aliphatic rings. The van der Waals surface area contributed by atoms with Crippen molar-refractivity contribution in [3.05, 3.63) is 150 Å². The van der Waals surface area contributed by atoms with Crippen molar-refractivity contribution in [2.45, 2.75) is 65.7 Å². The Morgan fingerprint density at radius 3 is 1.59 bits per heavy atom. The molecule has 6 heterocycles. The number of halogens is 6. The van der Waals surface area contributed by atoms with Gasteiger partial charge in [-0.1, -0.05) is 43.6 Å². The molecular weight excluding hydrogens is 943 g/mol. The summed E-state index contributed by atoms with van der Waals surface area (Å²) in [5.41, 5.74) is -4.18. The molecule has 0 fully saturated rings. The van der Waals surface area contributed by atoms with E-state index in [4.69, 9.17) is 11.2 Å². The summed E-state index contributed by atoms with van der Waals surface area (Å²) in [5, 5.41) is 18.3. The van der Waals surface area contributed by atoms with E-state index in [0.717, 1.165) is 12.6 Å². The first kappa shape index (κ1) is 52.0. The third kappa shape index (κ3) is 11.1. The molecule has 71 heavy (non-hydrogen) atoms. The van der Waals surface area contributed by atoms with E-state index in [1.54, 1.807) is 34.8 Å². The molecule has 0 spiro atoms. The molecule has 4 bridgehead atoms. The summed E-state index contributed by atoms with van der Waals surface area (Å²) in [4.78, 5) is 80.5. The number of nitrogens with zero attached hydrogens (tertiary/aromatic N) is 6. The van der Waals surface area contributed by atoms with Crippen LogP contribution in [0.2, 0.25) is 0 Å². The maximum Gasteiger partial charge on any atom is 0.278 e. The number of hydrogen-bond acceptors (Lipinski definition) is 10. The molecule has 0 radical (unpaired) electrons. The molecule has 0 saturated heterocycles. The van der Waals surface area contributed by atoms with Gasteiger partial charge in [-0.2, -0.15) is 0 Å². The summed E-state index contributed by atoms with van der Waals surface area (Å²) in [6.45, 7) is 7.33. The Morgan fingerprint density at radius 1 is 0.732 bits per heavy atom. The van der Waals surface area contributed by atoms with Gasteiger partial charge in [0.15, 0.2) is 22.9 Å². The number of aromatic hydroxyl groups is 1. The molecule has 22 heteroatoms. The number of rotatable bonds is 10. The molecule has 0 unspecified atom stereocenters. The minimum Gasteiger partial charge on any atom is -0.502 e. The van der Waals surface area contributed by atoms with Gasteiger partial charge in [0.05, 0.1) is 19.7 Å².